The molecule has 2 rings (SSSR count). The Morgan fingerprint density at radius 3 is 2.89 bits per heavy atom. The number of rotatable bonds is 4. The average Bonchev–Trinajstić information content (AvgIpc) is 2.46. The Balaban J connectivity index is 2.03. The van der Waals surface area contributed by atoms with Crippen molar-refractivity contribution in [3.05, 3.63) is 53.5 Å². The number of nitrogens with one attached hydrogen (secondary N) is 2. The summed E-state index contributed by atoms with van der Waals surface area (Å²) >= 11 is 0. The van der Waals surface area contributed by atoms with Crippen LogP contribution in [-0.4, -0.2) is 15.9 Å². The number of hydrazine groups is 1. The first kappa shape index (κ1) is 13.0. The number of hydrogen-bond acceptors (Lipinski definition) is 5. The fourth-order valence-electron chi connectivity index (χ4n) is 1.62. The molecule has 0 aliphatic rings. The maximum Gasteiger partial charge on any atom is 0.251 e. The van der Waals surface area contributed by atoms with Crippen molar-refractivity contribution in [3.8, 4) is 0 Å². The Labute approximate surface area is 111 Å². The van der Waals surface area contributed by atoms with Gasteiger partial charge in [0.25, 0.3) is 5.91 Å². The van der Waals surface area contributed by atoms with Crippen molar-refractivity contribution in [2.24, 2.45) is 5.84 Å². The number of nitrogens with two attached hydrogens (primary N) is 1. The van der Waals surface area contributed by atoms with Gasteiger partial charge in [-0.05, 0) is 30.7 Å². The highest BCUT2D eigenvalue weighted by Gasteiger charge is 2.07. The second-order valence-electron chi connectivity index (χ2n) is 4.02. The molecule has 0 atom stereocenters. The van der Waals surface area contributed by atoms with Gasteiger partial charge < -0.3 is 10.7 Å². The van der Waals surface area contributed by atoms with Crippen molar-refractivity contribution in [3.63, 3.8) is 0 Å². The normalized spacial score (nSPS) is 10.0. The second-order valence-corrected chi connectivity index (χ2v) is 4.02. The number of nitrogen functional groups attached to an aromatic ring is 1. The molecule has 19 heavy (non-hydrogen) atoms. The van der Waals surface area contributed by atoms with E-state index in [0.29, 0.717) is 17.9 Å². The Bertz CT molecular complexity index is 585. The van der Waals surface area contributed by atoms with Gasteiger partial charge in [0.15, 0.2) is 0 Å². The van der Waals surface area contributed by atoms with E-state index in [-0.39, 0.29) is 5.91 Å². The van der Waals surface area contributed by atoms with Crippen molar-refractivity contribution in [1.29, 1.82) is 0 Å². The van der Waals surface area contributed by atoms with Gasteiger partial charge in [-0.25, -0.2) is 10.8 Å². The van der Waals surface area contributed by atoms with Crippen molar-refractivity contribution >= 4 is 11.7 Å². The van der Waals surface area contributed by atoms with E-state index >= 15 is 0 Å². The van der Waals surface area contributed by atoms with Crippen molar-refractivity contribution in [2.45, 2.75) is 13.5 Å². The summed E-state index contributed by atoms with van der Waals surface area (Å²) in [6.45, 7) is 2.34. The highest BCUT2D eigenvalue weighted by Crippen LogP contribution is 2.06. The Hall–Kier alpha value is -2.47. The van der Waals surface area contributed by atoms with Gasteiger partial charge in [-0.2, -0.15) is 0 Å². The number of carbonyl (C=O) groups excluding carboxylic acids is 1. The third-order valence-electron chi connectivity index (χ3n) is 2.70. The monoisotopic (exact) mass is 257 g/mol. The summed E-state index contributed by atoms with van der Waals surface area (Å²) in [5.41, 5.74) is 4.79. The number of amides is 1. The Morgan fingerprint density at radius 2 is 2.16 bits per heavy atom. The van der Waals surface area contributed by atoms with E-state index in [1.165, 1.54) is 6.20 Å². The first-order valence-corrected chi connectivity index (χ1v) is 5.82. The zero-order valence-electron chi connectivity index (χ0n) is 10.6. The number of aryl methyl sites for hydroxylation is 1. The zero-order chi connectivity index (χ0) is 13.7. The molecule has 0 saturated carbocycles. The predicted molar refractivity (Wildman–Crippen MR) is 72.2 cm³/mol. The molecule has 1 amide bonds. The molecule has 2 aromatic heterocycles. The SMILES string of the molecule is Cc1cccnc1CNC(=O)c1ccnc(NN)c1. The lowest BCUT2D eigenvalue weighted by Gasteiger charge is -2.07. The lowest BCUT2D eigenvalue weighted by Crippen LogP contribution is -2.24. The van der Waals surface area contributed by atoms with Crippen LogP contribution in [0.15, 0.2) is 36.7 Å². The van der Waals surface area contributed by atoms with Gasteiger partial charge in [0.05, 0.1) is 12.2 Å². The first-order chi connectivity index (χ1) is 9.20. The third-order valence-corrected chi connectivity index (χ3v) is 2.70. The maximum atomic E-state index is 12.0. The van der Waals surface area contributed by atoms with E-state index in [9.17, 15) is 4.79 Å². The van der Waals surface area contributed by atoms with Crippen LogP contribution >= 0.6 is 0 Å². The van der Waals surface area contributed by atoms with Crippen LogP contribution in [0.3, 0.4) is 0 Å². The number of aromatic nitrogens is 2. The highest BCUT2D eigenvalue weighted by atomic mass is 16.1. The molecule has 0 fully saturated rings. The fraction of sp³-hybridized carbons (Fsp3) is 0.154. The Kier molecular flexibility index (Phi) is 4.04. The number of nitrogens with zero attached hydrogens (tertiary/aromatic N) is 2. The van der Waals surface area contributed by atoms with Crippen molar-refractivity contribution in [2.75, 3.05) is 5.43 Å². The summed E-state index contributed by atoms with van der Waals surface area (Å²) in [5.74, 6) is 5.50. The smallest absolute Gasteiger partial charge is 0.251 e. The summed E-state index contributed by atoms with van der Waals surface area (Å²) in [7, 11) is 0. The van der Waals surface area contributed by atoms with Gasteiger partial charge in [-0.3, -0.25) is 9.78 Å². The second kappa shape index (κ2) is 5.92. The fourth-order valence-corrected chi connectivity index (χ4v) is 1.62. The molecule has 6 nitrogen and oxygen atoms in total. The molecule has 4 N–H and O–H groups in total. The molecular weight excluding hydrogens is 242 g/mol. The quantitative estimate of drug-likeness (QED) is 0.561. The van der Waals surface area contributed by atoms with E-state index in [0.717, 1.165) is 11.3 Å². The minimum Gasteiger partial charge on any atom is -0.346 e. The average molecular weight is 257 g/mol. The number of carbonyl (C=O) groups is 1. The van der Waals surface area contributed by atoms with E-state index in [2.05, 4.69) is 20.7 Å². The summed E-state index contributed by atoms with van der Waals surface area (Å²) in [6, 6.07) is 7.03. The van der Waals surface area contributed by atoms with Gasteiger partial charge in [-0.1, -0.05) is 6.07 Å². The summed E-state index contributed by atoms with van der Waals surface area (Å²) < 4.78 is 0. The first-order valence-electron chi connectivity index (χ1n) is 5.82. The molecule has 0 aliphatic heterocycles. The van der Waals surface area contributed by atoms with Crippen LogP contribution in [0.1, 0.15) is 21.6 Å². The molecule has 98 valence electrons. The van der Waals surface area contributed by atoms with Crippen LogP contribution in [-0.2, 0) is 6.54 Å². The Morgan fingerprint density at radius 1 is 1.32 bits per heavy atom. The zero-order valence-corrected chi connectivity index (χ0v) is 10.6. The summed E-state index contributed by atoms with van der Waals surface area (Å²) in [5, 5.41) is 2.81. The van der Waals surface area contributed by atoms with Crippen LogP contribution in [0.4, 0.5) is 5.82 Å². The van der Waals surface area contributed by atoms with Crippen LogP contribution in [0, 0.1) is 6.92 Å². The van der Waals surface area contributed by atoms with Crippen LogP contribution < -0.4 is 16.6 Å². The largest absolute Gasteiger partial charge is 0.346 e. The van der Waals surface area contributed by atoms with Gasteiger partial charge >= 0.3 is 0 Å². The lowest BCUT2D eigenvalue weighted by atomic mass is 10.2. The molecule has 2 aromatic rings. The highest BCUT2D eigenvalue weighted by molar-refractivity contribution is 5.94. The molecule has 0 radical (unpaired) electrons. The van der Waals surface area contributed by atoms with Crippen LogP contribution in [0.5, 0.6) is 0 Å². The standard InChI is InChI=1S/C13H15N5O/c1-9-3-2-5-15-11(9)8-17-13(19)10-4-6-16-12(7-10)18-14/h2-7H,8,14H2,1H3,(H,16,18)(H,17,19). The molecule has 0 aliphatic carbocycles. The molecule has 2 heterocycles. The van der Waals surface area contributed by atoms with Crippen LogP contribution in [0.2, 0.25) is 0 Å². The number of anilines is 1. The summed E-state index contributed by atoms with van der Waals surface area (Å²) in [4.78, 5) is 20.1. The van der Waals surface area contributed by atoms with Crippen molar-refractivity contribution in [1.82, 2.24) is 15.3 Å². The van der Waals surface area contributed by atoms with E-state index in [4.69, 9.17) is 5.84 Å². The molecule has 0 unspecified atom stereocenters. The minimum atomic E-state index is -0.191. The van der Waals surface area contributed by atoms with Gasteiger partial charge in [-0.15, -0.1) is 0 Å². The van der Waals surface area contributed by atoms with Crippen LogP contribution in [0.25, 0.3) is 0 Å². The third kappa shape index (κ3) is 3.26. The van der Waals surface area contributed by atoms with Gasteiger partial charge in [0.2, 0.25) is 0 Å². The molecule has 0 bridgehead atoms. The van der Waals surface area contributed by atoms with Crippen molar-refractivity contribution < 1.29 is 4.79 Å². The minimum absolute atomic E-state index is 0.191. The molecular formula is C13H15N5O. The van der Waals surface area contributed by atoms with E-state index in [1.54, 1.807) is 18.3 Å². The van der Waals surface area contributed by atoms with E-state index in [1.807, 2.05) is 19.1 Å². The number of pyridine rings is 2. The van der Waals surface area contributed by atoms with E-state index < -0.39 is 0 Å². The van der Waals surface area contributed by atoms with Gasteiger partial charge in [0, 0.05) is 18.0 Å². The predicted octanol–water partition coefficient (Wildman–Crippen LogP) is 1.00. The molecule has 0 spiro atoms. The van der Waals surface area contributed by atoms with Gasteiger partial charge in [0.1, 0.15) is 5.82 Å². The number of hydrogen-bond donors (Lipinski definition) is 3. The molecule has 0 saturated heterocycles. The topological polar surface area (TPSA) is 92.9 Å². The molecule has 0 aromatic carbocycles. The summed E-state index contributed by atoms with van der Waals surface area (Å²) in [6.07, 6.45) is 3.23. The molecule has 6 heteroatoms. The lowest BCUT2D eigenvalue weighted by molar-refractivity contribution is 0.0950. The maximum absolute atomic E-state index is 12.0.